The molecule has 116 valence electrons. The Labute approximate surface area is 131 Å². The van der Waals surface area contributed by atoms with E-state index >= 15 is 0 Å². The molecule has 2 aliphatic rings. The molecule has 0 fully saturated rings. The molecule has 2 aromatic rings. The Hall–Kier alpha value is -3.02. The Morgan fingerprint density at radius 3 is 2.70 bits per heavy atom. The fourth-order valence-electron chi connectivity index (χ4n) is 2.71. The zero-order valence-electron chi connectivity index (χ0n) is 12.3. The second kappa shape index (κ2) is 5.01. The number of aliphatic imine (C=N–C) groups is 1. The highest BCUT2D eigenvalue weighted by atomic mass is 16.7. The van der Waals surface area contributed by atoms with Crippen molar-refractivity contribution in [1.82, 2.24) is 0 Å². The number of methoxy groups -OCH3 is 1. The standard InChI is InChI=1S/C17H13NO5/c1-21-11-3-9(2-10(19)4-11)13-6-15(20)12-5-16-17(23-8-22-16)7-14(12)18-13/h2-5,7,19H,6,8H2,1H3. The van der Waals surface area contributed by atoms with Gasteiger partial charge >= 0.3 is 0 Å². The first kappa shape index (κ1) is 13.6. The smallest absolute Gasteiger partial charge is 0.231 e. The van der Waals surface area contributed by atoms with Crippen LogP contribution in [0.5, 0.6) is 23.0 Å². The SMILES string of the molecule is COc1cc(O)cc(C2=Nc3cc4c(cc3C(=O)C2)OCO4)c1. The van der Waals surface area contributed by atoms with Crippen LogP contribution in [0.15, 0.2) is 35.3 Å². The van der Waals surface area contributed by atoms with E-state index in [0.717, 1.165) is 0 Å². The van der Waals surface area contributed by atoms with Gasteiger partial charge in [0.05, 0.1) is 24.9 Å². The summed E-state index contributed by atoms with van der Waals surface area (Å²) in [6.07, 6.45) is 0.152. The topological polar surface area (TPSA) is 77.4 Å². The number of nitrogens with zero attached hydrogens (tertiary/aromatic N) is 1. The van der Waals surface area contributed by atoms with E-state index in [0.29, 0.717) is 39.8 Å². The molecular formula is C17H13NO5. The van der Waals surface area contributed by atoms with Gasteiger partial charge in [0.15, 0.2) is 17.3 Å². The largest absolute Gasteiger partial charge is 0.508 e. The number of benzene rings is 2. The van der Waals surface area contributed by atoms with Crippen molar-refractivity contribution in [3.63, 3.8) is 0 Å². The molecule has 6 heteroatoms. The summed E-state index contributed by atoms with van der Waals surface area (Å²) in [5.74, 6) is 1.66. The van der Waals surface area contributed by atoms with Crippen LogP contribution in [-0.2, 0) is 0 Å². The molecule has 0 atom stereocenters. The van der Waals surface area contributed by atoms with E-state index in [1.54, 1.807) is 24.3 Å². The van der Waals surface area contributed by atoms with Crippen molar-refractivity contribution in [3.05, 3.63) is 41.5 Å². The third-order valence-electron chi connectivity index (χ3n) is 3.83. The van der Waals surface area contributed by atoms with Crippen LogP contribution in [0.4, 0.5) is 5.69 Å². The minimum absolute atomic E-state index is 0.0504. The molecule has 2 aliphatic heterocycles. The van der Waals surface area contributed by atoms with Gasteiger partial charge < -0.3 is 19.3 Å². The number of fused-ring (bicyclic) bond motifs is 2. The monoisotopic (exact) mass is 311 g/mol. The first-order valence-electron chi connectivity index (χ1n) is 7.07. The van der Waals surface area contributed by atoms with Crippen molar-refractivity contribution in [2.45, 2.75) is 6.42 Å². The second-order valence-electron chi connectivity index (χ2n) is 5.30. The van der Waals surface area contributed by atoms with E-state index in [-0.39, 0.29) is 24.7 Å². The molecular weight excluding hydrogens is 298 g/mol. The molecule has 0 radical (unpaired) electrons. The minimum atomic E-state index is -0.0504. The number of Topliss-reactive ketones (excluding diaryl/α,β-unsaturated/α-hetero) is 1. The number of rotatable bonds is 2. The number of phenolic OH excluding ortho intramolecular Hbond substituents is 1. The van der Waals surface area contributed by atoms with Gasteiger partial charge in [-0.25, -0.2) is 0 Å². The molecule has 0 aromatic heterocycles. The third kappa shape index (κ3) is 2.28. The van der Waals surface area contributed by atoms with Crippen LogP contribution in [0.1, 0.15) is 22.3 Å². The highest BCUT2D eigenvalue weighted by Gasteiger charge is 2.26. The summed E-state index contributed by atoms with van der Waals surface area (Å²) in [5.41, 5.74) is 2.29. The van der Waals surface area contributed by atoms with E-state index < -0.39 is 0 Å². The molecule has 0 bridgehead atoms. The Morgan fingerprint density at radius 2 is 1.91 bits per heavy atom. The molecule has 0 saturated heterocycles. The lowest BCUT2D eigenvalue weighted by atomic mass is 9.95. The average Bonchev–Trinajstić information content (AvgIpc) is 2.99. The number of ether oxygens (including phenoxy) is 3. The Kier molecular flexibility index (Phi) is 2.97. The van der Waals surface area contributed by atoms with Crippen molar-refractivity contribution < 1.29 is 24.1 Å². The molecule has 0 spiro atoms. The quantitative estimate of drug-likeness (QED) is 0.922. The summed E-state index contributed by atoms with van der Waals surface area (Å²) >= 11 is 0. The third-order valence-corrected chi connectivity index (χ3v) is 3.83. The van der Waals surface area contributed by atoms with Gasteiger partial charge in [0.25, 0.3) is 0 Å². The average molecular weight is 311 g/mol. The summed E-state index contributed by atoms with van der Waals surface area (Å²) in [5, 5.41) is 9.79. The van der Waals surface area contributed by atoms with E-state index in [1.807, 2.05) is 0 Å². The molecule has 23 heavy (non-hydrogen) atoms. The van der Waals surface area contributed by atoms with Crippen molar-refractivity contribution in [3.8, 4) is 23.0 Å². The van der Waals surface area contributed by atoms with Crippen molar-refractivity contribution in [2.24, 2.45) is 4.99 Å². The highest BCUT2D eigenvalue weighted by molar-refractivity contribution is 6.21. The molecule has 4 rings (SSSR count). The molecule has 0 saturated carbocycles. The Morgan fingerprint density at radius 1 is 1.13 bits per heavy atom. The van der Waals surface area contributed by atoms with Crippen molar-refractivity contribution in [2.75, 3.05) is 13.9 Å². The van der Waals surface area contributed by atoms with Crippen molar-refractivity contribution in [1.29, 1.82) is 0 Å². The van der Waals surface area contributed by atoms with Crippen LogP contribution in [0.3, 0.4) is 0 Å². The number of hydrogen-bond donors (Lipinski definition) is 1. The fraction of sp³-hybridized carbons (Fsp3) is 0.176. The Bertz CT molecular complexity index is 856. The lowest BCUT2D eigenvalue weighted by Gasteiger charge is -2.16. The van der Waals surface area contributed by atoms with Crippen LogP contribution in [0, 0.1) is 0 Å². The molecule has 2 aromatic carbocycles. The van der Waals surface area contributed by atoms with Crippen LogP contribution < -0.4 is 14.2 Å². The first-order chi connectivity index (χ1) is 11.1. The number of carbonyl (C=O) groups excluding carboxylic acids is 1. The molecule has 0 amide bonds. The van der Waals surface area contributed by atoms with Gasteiger partial charge in [0, 0.05) is 23.3 Å². The van der Waals surface area contributed by atoms with Gasteiger partial charge in [-0.2, -0.15) is 0 Å². The zero-order chi connectivity index (χ0) is 16.0. The summed E-state index contributed by atoms with van der Waals surface area (Å²) < 4.78 is 15.8. The predicted molar refractivity (Wildman–Crippen MR) is 82.4 cm³/mol. The van der Waals surface area contributed by atoms with Gasteiger partial charge in [-0.05, 0) is 18.2 Å². The lowest BCUT2D eigenvalue weighted by molar-refractivity contribution is 0.0999. The Balaban J connectivity index is 1.82. The predicted octanol–water partition coefficient (Wildman–Crippen LogP) is 2.84. The fourth-order valence-corrected chi connectivity index (χ4v) is 2.71. The summed E-state index contributed by atoms with van der Waals surface area (Å²) in [7, 11) is 1.52. The molecule has 0 unspecified atom stereocenters. The minimum Gasteiger partial charge on any atom is -0.508 e. The highest BCUT2D eigenvalue weighted by Crippen LogP contribution is 2.40. The van der Waals surface area contributed by atoms with E-state index in [9.17, 15) is 9.90 Å². The van der Waals surface area contributed by atoms with E-state index in [2.05, 4.69) is 4.99 Å². The normalized spacial score (nSPS) is 15.2. The molecule has 0 aliphatic carbocycles. The summed E-state index contributed by atoms with van der Waals surface area (Å²) in [6, 6.07) is 8.18. The van der Waals surface area contributed by atoms with Gasteiger partial charge in [-0.1, -0.05) is 0 Å². The molecule has 6 nitrogen and oxygen atoms in total. The van der Waals surface area contributed by atoms with Gasteiger partial charge in [0.1, 0.15) is 11.5 Å². The van der Waals surface area contributed by atoms with E-state index in [1.165, 1.54) is 13.2 Å². The zero-order valence-corrected chi connectivity index (χ0v) is 12.3. The number of ketones is 1. The first-order valence-corrected chi connectivity index (χ1v) is 7.07. The van der Waals surface area contributed by atoms with Gasteiger partial charge in [-0.3, -0.25) is 9.79 Å². The number of hydrogen-bond acceptors (Lipinski definition) is 6. The maximum Gasteiger partial charge on any atom is 0.231 e. The van der Waals surface area contributed by atoms with Crippen LogP contribution in [-0.4, -0.2) is 30.5 Å². The molecule has 2 heterocycles. The summed E-state index contributed by atoms with van der Waals surface area (Å²) in [4.78, 5) is 17.0. The van der Waals surface area contributed by atoms with Crippen LogP contribution >= 0.6 is 0 Å². The maximum absolute atomic E-state index is 12.4. The van der Waals surface area contributed by atoms with Gasteiger partial charge in [-0.15, -0.1) is 0 Å². The summed E-state index contributed by atoms with van der Waals surface area (Å²) in [6.45, 7) is 0.146. The lowest BCUT2D eigenvalue weighted by Crippen LogP contribution is -2.14. The maximum atomic E-state index is 12.4. The number of phenols is 1. The van der Waals surface area contributed by atoms with Crippen LogP contribution in [0.25, 0.3) is 0 Å². The van der Waals surface area contributed by atoms with Gasteiger partial charge in [0.2, 0.25) is 6.79 Å². The van der Waals surface area contributed by atoms with Crippen molar-refractivity contribution >= 4 is 17.2 Å². The van der Waals surface area contributed by atoms with E-state index in [4.69, 9.17) is 14.2 Å². The number of aromatic hydroxyl groups is 1. The number of carbonyl (C=O) groups is 1. The van der Waals surface area contributed by atoms with Crippen LogP contribution in [0.2, 0.25) is 0 Å². The second-order valence-corrected chi connectivity index (χ2v) is 5.30. The molecule has 1 N–H and O–H groups in total.